The molecule has 3 rings (SSSR count). The second-order valence-corrected chi connectivity index (χ2v) is 10.5. The maximum atomic E-state index is 13.3. The van der Waals surface area contributed by atoms with E-state index in [9.17, 15) is 31.5 Å². The van der Waals surface area contributed by atoms with Gasteiger partial charge in [-0.1, -0.05) is 18.2 Å². The minimum Gasteiger partial charge on any atom is -0.465 e. The van der Waals surface area contributed by atoms with Gasteiger partial charge < -0.3 is 9.84 Å². The molecule has 1 saturated heterocycles. The van der Waals surface area contributed by atoms with Gasteiger partial charge >= 0.3 is 12.3 Å². The van der Waals surface area contributed by atoms with Gasteiger partial charge in [0.15, 0.2) is 0 Å². The average molecular weight is 479 g/mol. The molecule has 1 aromatic carbocycles. The number of halogens is 3. The number of hydrogen-bond acceptors (Lipinski definition) is 4. The second kappa shape index (κ2) is 9.56. The maximum absolute atomic E-state index is 13.3. The Kier molecular flexibility index (Phi) is 7.41. The molecule has 11 heteroatoms. The number of carboxylic acid groups (broad SMARTS) is 1. The van der Waals surface area contributed by atoms with Gasteiger partial charge in [-0.3, -0.25) is 4.90 Å². The molecule has 1 aromatic rings. The largest absolute Gasteiger partial charge is 0.465 e. The van der Waals surface area contributed by atoms with Crippen molar-refractivity contribution in [1.29, 1.82) is 0 Å². The first kappa shape index (κ1) is 24.8. The van der Waals surface area contributed by atoms with Crippen molar-refractivity contribution in [3.05, 3.63) is 35.4 Å². The summed E-state index contributed by atoms with van der Waals surface area (Å²) in [6.45, 7) is 1.74. The van der Waals surface area contributed by atoms with Gasteiger partial charge in [-0.05, 0) is 56.6 Å². The van der Waals surface area contributed by atoms with Crippen LogP contribution >= 0.6 is 0 Å². The molecule has 2 aliphatic rings. The first-order chi connectivity index (χ1) is 14.9. The van der Waals surface area contributed by atoms with Crippen LogP contribution in [0, 0.1) is 0 Å². The number of ether oxygens (including phenoxy) is 1. The minimum atomic E-state index is -4.40. The standard InChI is InChI=1S/C21H29F3N2O5S/c1-13-11-18(25-32(2,29)30)19(26(13)20(27)28)12-31-15-9-7-14(8-10-15)16-5-3-4-6-17(16)21(22,23)24/h3-6,13-15,18-19,25H,7-12H2,1-2H3,(H,27,28)/t13-,14?,15?,18+,19+/m1/s1. The van der Waals surface area contributed by atoms with E-state index in [1.807, 2.05) is 0 Å². The van der Waals surface area contributed by atoms with Crippen molar-refractivity contribution in [2.24, 2.45) is 0 Å². The number of carbonyl (C=O) groups is 1. The highest BCUT2D eigenvalue weighted by molar-refractivity contribution is 7.88. The molecule has 0 aromatic heterocycles. The van der Waals surface area contributed by atoms with Gasteiger partial charge in [-0.15, -0.1) is 0 Å². The van der Waals surface area contributed by atoms with Gasteiger partial charge in [-0.2, -0.15) is 13.2 Å². The lowest BCUT2D eigenvalue weighted by Crippen LogP contribution is -2.50. The van der Waals surface area contributed by atoms with Gasteiger partial charge in [0.1, 0.15) is 0 Å². The molecular weight excluding hydrogens is 449 g/mol. The van der Waals surface area contributed by atoms with Crippen molar-refractivity contribution in [1.82, 2.24) is 9.62 Å². The molecular formula is C21H29F3N2O5S. The lowest BCUT2D eigenvalue weighted by Gasteiger charge is -2.33. The smallest absolute Gasteiger partial charge is 0.416 e. The van der Waals surface area contributed by atoms with Crippen LogP contribution < -0.4 is 4.72 Å². The summed E-state index contributed by atoms with van der Waals surface area (Å²) in [5.74, 6) is -0.214. The maximum Gasteiger partial charge on any atom is 0.416 e. The Hall–Kier alpha value is -1.85. The summed E-state index contributed by atoms with van der Waals surface area (Å²) in [6, 6.07) is 4.01. The van der Waals surface area contributed by atoms with Crippen LogP contribution in [0.25, 0.3) is 0 Å². The third-order valence-electron chi connectivity index (χ3n) is 6.36. The first-order valence-corrected chi connectivity index (χ1v) is 12.5. The molecule has 2 fully saturated rings. The van der Waals surface area contributed by atoms with Crippen LogP contribution in [0.5, 0.6) is 0 Å². The topological polar surface area (TPSA) is 95.9 Å². The molecule has 2 N–H and O–H groups in total. The Morgan fingerprint density at radius 2 is 1.84 bits per heavy atom. The molecule has 1 aliphatic carbocycles. The summed E-state index contributed by atoms with van der Waals surface area (Å²) >= 11 is 0. The Morgan fingerprint density at radius 3 is 2.41 bits per heavy atom. The molecule has 0 radical (unpaired) electrons. The zero-order valence-corrected chi connectivity index (χ0v) is 18.8. The van der Waals surface area contributed by atoms with Crippen LogP contribution in [0.2, 0.25) is 0 Å². The van der Waals surface area contributed by atoms with E-state index in [1.54, 1.807) is 13.0 Å². The number of rotatable bonds is 6. The summed E-state index contributed by atoms with van der Waals surface area (Å²) in [4.78, 5) is 12.9. The lowest BCUT2D eigenvalue weighted by atomic mass is 9.81. The number of amides is 1. The zero-order valence-electron chi connectivity index (χ0n) is 18.0. The quantitative estimate of drug-likeness (QED) is 0.648. The molecule has 1 amide bonds. The van der Waals surface area contributed by atoms with Gasteiger partial charge in [0.05, 0.1) is 30.6 Å². The normalized spacial score (nSPS) is 29.3. The number of benzene rings is 1. The lowest BCUT2D eigenvalue weighted by molar-refractivity contribution is -0.138. The number of nitrogens with one attached hydrogen (secondary N) is 1. The van der Waals surface area contributed by atoms with E-state index in [2.05, 4.69) is 4.72 Å². The van der Waals surface area contributed by atoms with Crippen LogP contribution in [-0.4, -0.2) is 61.6 Å². The van der Waals surface area contributed by atoms with E-state index in [-0.39, 0.29) is 24.7 Å². The Balaban J connectivity index is 1.62. The van der Waals surface area contributed by atoms with E-state index >= 15 is 0 Å². The Morgan fingerprint density at radius 1 is 1.22 bits per heavy atom. The molecule has 0 spiro atoms. The number of nitrogens with zero attached hydrogens (tertiary/aromatic N) is 1. The van der Waals surface area contributed by atoms with Crippen molar-refractivity contribution >= 4 is 16.1 Å². The van der Waals surface area contributed by atoms with Crippen LogP contribution in [0.4, 0.5) is 18.0 Å². The molecule has 7 nitrogen and oxygen atoms in total. The van der Waals surface area contributed by atoms with E-state index in [1.165, 1.54) is 17.0 Å². The van der Waals surface area contributed by atoms with Gasteiger partial charge in [-0.25, -0.2) is 17.9 Å². The summed E-state index contributed by atoms with van der Waals surface area (Å²) < 4.78 is 71.9. The van der Waals surface area contributed by atoms with Crippen LogP contribution in [0.15, 0.2) is 24.3 Å². The fraction of sp³-hybridized carbons (Fsp3) is 0.667. The highest BCUT2D eigenvalue weighted by atomic mass is 32.2. The van der Waals surface area contributed by atoms with E-state index < -0.39 is 39.9 Å². The highest BCUT2D eigenvalue weighted by Crippen LogP contribution is 2.41. The fourth-order valence-corrected chi connectivity index (χ4v) is 5.78. The monoisotopic (exact) mass is 478 g/mol. The predicted octanol–water partition coefficient (Wildman–Crippen LogP) is 3.81. The minimum absolute atomic E-state index is 0.0261. The van der Waals surface area contributed by atoms with Crippen molar-refractivity contribution in [2.45, 2.75) is 75.4 Å². The summed E-state index contributed by atoms with van der Waals surface area (Å²) in [5.41, 5.74) is -0.298. The van der Waals surface area contributed by atoms with E-state index in [0.29, 0.717) is 37.7 Å². The highest BCUT2D eigenvalue weighted by Gasteiger charge is 2.44. The molecule has 180 valence electrons. The van der Waals surface area contributed by atoms with Crippen LogP contribution in [-0.2, 0) is 20.9 Å². The molecule has 0 bridgehead atoms. The van der Waals surface area contributed by atoms with Crippen molar-refractivity contribution in [2.75, 3.05) is 12.9 Å². The third kappa shape index (κ3) is 5.93. The number of hydrogen-bond donors (Lipinski definition) is 2. The predicted molar refractivity (Wildman–Crippen MR) is 112 cm³/mol. The molecule has 32 heavy (non-hydrogen) atoms. The van der Waals surface area contributed by atoms with Crippen molar-refractivity contribution in [3.8, 4) is 0 Å². The van der Waals surface area contributed by atoms with Crippen LogP contribution in [0.3, 0.4) is 0 Å². The second-order valence-electron chi connectivity index (χ2n) is 8.73. The van der Waals surface area contributed by atoms with Crippen molar-refractivity contribution in [3.63, 3.8) is 0 Å². The van der Waals surface area contributed by atoms with Crippen molar-refractivity contribution < 1.29 is 36.2 Å². The summed E-state index contributed by atoms with van der Waals surface area (Å²) in [7, 11) is -3.53. The Bertz CT molecular complexity index is 916. The molecule has 1 saturated carbocycles. The van der Waals surface area contributed by atoms with Crippen LogP contribution in [0.1, 0.15) is 56.1 Å². The number of alkyl halides is 3. The average Bonchev–Trinajstić information content (AvgIpc) is 2.99. The molecule has 0 unspecified atom stereocenters. The Labute approximate surface area is 186 Å². The SMILES string of the molecule is C[C@@H]1C[C@H](NS(C)(=O)=O)[C@H](COC2CCC(c3ccccc3C(F)(F)F)CC2)N1C(=O)O. The number of sulfonamides is 1. The summed E-state index contributed by atoms with van der Waals surface area (Å²) in [5, 5.41) is 9.56. The van der Waals surface area contributed by atoms with Gasteiger partial charge in [0.25, 0.3) is 0 Å². The third-order valence-corrected chi connectivity index (χ3v) is 7.09. The van der Waals surface area contributed by atoms with Gasteiger partial charge in [0.2, 0.25) is 10.0 Å². The number of likely N-dealkylation sites (tertiary alicyclic amines) is 1. The van der Waals surface area contributed by atoms with E-state index in [4.69, 9.17) is 4.74 Å². The summed E-state index contributed by atoms with van der Waals surface area (Å²) in [6.07, 6.45) is -2.21. The molecule has 1 heterocycles. The van der Waals surface area contributed by atoms with E-state index in [0.717, 1.165) is 12.3 Å². The fourth-order valence-electron chi connectivity index (χ4n) is 4.97. The molecule has 1 aliphatic heterocycles. The molecule has 3 atom stereocenters. The first-order valence-electron chi connectivity index (χ1n) is 10.6. The zero-order chi connectivity index (χ0) is 23.7. The van der Waals surface area contributed by atoms with Gasteiger partial charge in [0, 0.05) is 12.1 Å².